The number of nitrogens with two attached hydrogens (primary N) is 1. The van der Waals surface area contributed by atoms with E-state index >= 15 is 0 Å². The Morgan fingerprint density at radius 3 is 2.58 bits per heavy atom. The van der Waals surface area contributed by atoms with Crippen molar-refractivity contribution in [2.24, 2.45) is 11.1 Å². The molecule has 24 heavy (non-hydrogen) atoms. The summed E-state index contributed by atoms with van der Waals surface area (Å²) in [4.78, 5) is 8.66. The zero-order valence-electron chi connectivity index (χ0n) is 13.9. The standard InChI is InChI=1S/C19H24N4O/c20-11-19-8-6-18(7-9-19,13-24-19)12-22-17-16(10-21-14-23-17)15-4-2-1-3-5-15/h1-5,10,14H,6-9,11-13,20H2,(H,21,22,23). The molecule has 126 valence electrons. The minimum Gasteiger partial charge on any atom is -0.373 e. The largest absolute Gasteiger partial charge is 0.373 e. The summed E-state index contributed by atoms with van der Waals surface area (Å²) < 4.78 is 6.12. The molecule has 3 fully saturated rings. The van der Waals surface area contributed by atoms with Crippen LogP contribution in [0.15, 0.2) is 42.9 Å². The molecule has 1 aromatic heterocycles. The highest BCUT2D eigenvalue weighted by Gasteiger charge is 2.48. The molecule has 3 heterocycles. The Morgan fingerprint density at radius 2 is 1.92 bits per heavy atom. The van der Waals surface area contributed by atoms with E-state index in [1.165, 1.54) is 12.8 Å². The minimum atomic E-state index is -0.0497. The highest BCUT2D eigenvalue weighted by atomic mass is 16.5. The zero-order valence-corrected chi connectivity index (χ0v) is 13.9. The van der Waals surface area contributed by atoms with Gasteiger partial charge in [0.1, 0.15) is 12.1 Å². The van der Waals surface area contributed by atoms with Crippen LogP contribution in [0.25, 0.3) is 11.1 Å². The third-order valence-electron chi connectivity index (χ3n) is 5.71. The Bertz CT molecular complexity index is 679. The van der Waals surface area contributed by atoms with Crippen LogP contribution < -0.4 is 11.1 Å². The van der Waals surface area contributed by atoms with E-state index in [2.05, 4.69) is 27.4 Å². The molecule has 0 atom stereocenters. The fraction of sp³-hybridized carbons (Fsp3) is 0.474. The van der Waals surface area contributed by atoms with Crippen molar-refractivity contribution in [2.75, 3.05) is 25.0 Å². The van der Waals surface area contributed by atoms with E-state index in [-0.39, 0.29) is 11.0 Å². The second kappa shape index (κ2) is 6.15. The first kappa shape index (κ1) is 15.5. The van der Waals surface area contributed by atoms with Crippen molar-refractivity contribution in [1.82, 2.24) is 9.97 Å². The van der Waals surface area contributed by atoms with E-state index in [9.17, 15) is 0 Å². The number of nitrogens with zero attached hydrogens (tertiary/aromatic N) is 2. The first-order valence-corrected chi connectivity index (χ1v) is 8.68. The Balaban J connectivity index is 1.50. The summed E-state index contributed by atoms with van der Waals surface area (Å²) in [7, 11) is 0. The monoisotopic (exact) mass is 324 g/mol. The molecule has 0 amide bonds. The van der Waals surface area contributed by atoms with Gasteiger partial charge in [0.25, 0.3) is 0 Å². The lowest BCUT2D eigenvalue weighted by molar-refractivity contribution is -0.173. The Morgan fingerprint density at radius 1 is 1.12 bits per heavy atom. The molecule has 1 aliphatic carbocycles. The maximum atomic E-state index is 6.12. The van der Waals surface area contributed by atoms with Crippen LogP contribution in [0.5, 0.6) is 0 Å². The molecule has 2 bridgehead atoms. The van der Waals surface area contributed by atoms with Crippen molar-refractivity contribution in [3.05, 3.63) is 42.9 Å². The van der Waals surface area contributed by atoms with Crippen LogP contribution in [-0.2, 0) is 4.74 Å². The molecular weight excluding hydrogens is 300 g/mol. The number of rotatable bonds is 5. The van der Waals surface area contributed by atoms with Crippen LogP contribution in [0.3, 0.4) is 0 Å². The lowest BCUT2D eigenvalue weighted by Gasteiger charge is -2.53. The number of aromatic nitrogens is 2. The molecule has 0 unspecified atom stereocenters. The topological polar surface area (TPSA) is 73.1 Å². The predicted octanol–water partition coefficient (Wildman–Crippen LogP) is 2.84. The quantitative estimate of drug-likeness (QED) is 0.885. The number of benzene rings is 1. The summed E-state index contributed by atoms with van der Waals surface area (Å²) in [6, 6.07) is 10.3. The Kier molecular flexibility index (Phi) is 3.98. The summed E-state index contributed by atoms with van der Waals surface area (Å²) in [5, 5.41) is 3.57. The van der Waals surface area contributed by atoms with Crippen LogP contribution in [0.2, 0.25) is 0 Å². The molecule has 5 heteroatoms. The summed E-state index contributed by atoms with van der Waals surface area (Å²) in [6.45, 7) is 2.31. The van der Waals surface area contributed by atoms with Gasteiger partial charge in [-0.3, -0.25) is 0 Å². The SMILES string of the molecule is NCC12CCC(CNc3ncncc3-c3ccccc3)(CC1)CO2. The number of ether oxygens (including phenoxy) is 1. The van der Waals surface area contributed by atoms with Gasteiger partial charge < -0.3 is 15.8 Å². The minimum absolute atomic E-state index is 0.0497. The number of hydrogen-bond acceptors (Lipinski definition) is 5. The molecule has 3 aliphatic rings. The van der Waals surface area contributed by atoms with Crippen molar-refractivity contribution in [3.8, 4) is 11.1 Å². The lowest BCUT2D eigenvalue weighted by atomic mass is 9.66. The molecule has 2 aromatic rings. The second-order valence-corrected chi connectivity index (χ2v) is 7.18. The van der Waals surface area contributed by atoms with Crippen LogP contribution >= 0.6 is 0 Å². The van der Waals surface area contributed by atoms with Crippen molar-refractivity contribution >= 4 is 5.82 Å². The van der Waals surface area contributed by atoms with Crippen LogP contribution in [0.4, 0.5) is 5.82 Å². The van der Waals surface area contributed by atoms with Gasteiger partial charge in [-0.25, -0.2) is 9.97 Å². The molecular formula is C19H24N4O. The van der Waals surface area contributed by atoms with Gasteiger partial charge in [-0.05, 0) is 31.2 Å². The molecule has 2 aliphatic heterocycles. The van der Waals surface area contributed by atoms with Crippen molar-refractivity contribution in [1.29, 1.82) is 0 Å². The van der Waals surface area contributed by atoms with Gasteiger partial charge in [0, 0.05) is 30.3 Å². The fourth-order valence-corrected chi connectivity index (χ4v) is 3.89. The molecule has 1 saturated carbocycles. The smallest absolute Gasteiger partial charge is 0.137 e. The van der Waals surface area contributed by atoms with E-state index in [4.69, 9.17) is 10.5 Å². The number of anilines is 1. The number of nitrogens with one attached hydrogen (secondary N) is 1. The average Bonchev–Trinajstić information content (AvgIpc) is 2.69. The van der Waals surface area contributed by atoms with Crippen LogP contribution in [0.1, 0.15) is 25.7 Å². The zero-order chi connectivity index (χ0) is 16.5. The second-order valence-electron chi connectivity index (χ2n) is 7.18. The Hall–Kier alpha value is -1.98. The average molecular weight is 324 g/mol. The van der Waals surface area contributed by atoms with Crippen molar-refractivity contribution in [3.63, 3.8) is 0 Å². The third kappa shape index (κ3) is 2.78. The van der Waals surface area contributed by atoms with Crippen molar-refractivity contribution in [2.45, 2.75) is 31.3 Å². The van der Waals surface area contributed by atoms with E-state index in [1.54, 1.807) is 6.33 Å². The van der Waals surface area contributed by atoms with Crippen LogP contribution in [-0.4, -0.2) is 35.3 Å². The van der Waals surface area contributed by atoms with Gasteiger partial charge in [-0.15, -0.1) is 0 Å². The molecule has 2 saturated heterocycles. The van der Waals surface area contributed by atoms with Gasteiger partial charge in [0.05, 0.1) is 12.2 Å². The fourth-order valence-electron chi connectivity index (χ4n) is 3.89. The van der Waals surface area contributed by atoms with E-state index in [1.807, 2.05) is 24.4 Å². The maximum Gasteiger partial charge on any atom is 0.137 e. The van der Waals surface area contributed by atoms with Crippen molar-refractivity contribution < 1.29 is 4.74 Å². The van der Waals surface area contributed by atoms with Gasteiger partial charge in [-0.2, -0.15) is 0 Å². The highest BCUT2D eigenvalue weighted by Crippen LogP contribution is 2.48. The maximum absolute atomic E-state index is 6.12. The third-order valence-corrected chi connectivity index (χ3v) is 5.71. The van der Waals surface area contributed by atoms with E-state index in [0.717, 1.165) is 42.9 Å². The Labute approximate surface area is 142 Å². The molecule has 5 rings (SSSR count). The van der Waals surface area contributed by atoms with Gasteiger partial charge in [0.2, 0.25) is 0 Å². The van der Waals surface area contributed by atoms with Gasteiger partial charge in [-0.1, -0.05) is 30.3 Å². The van der Waals surface area contributed by atoms with E-state index < -0.39 is 0 Å². The highest BCUT2D eigenvalue weighted by molar-refractivity contribution is 5.74. The van der Waals surface area contributed by atoms with Gasteiger partial charge in [0.15, 0.2) is 0 Å². The predicted molar refractivity (Wildman–Crippen MR) is 94.6 cm³/mol. The summed E-state index contributed by atoms with van der Waals surface area (Å²) in [6.07, 6.45) is 7.96. The first-order chi connectivity index (χ1) is 11.7. The molecule has 3 N–H and O–H groups in total. The molecule has 0 spiro atoms. The lowest BCUT2D eigenvalue weighted by Crippen LogP contribution is -2.56. The number of fused-ring (bicyclic) bond motifs is 3. The summed E-state index contributed by atoms with van der Waals surface area (Å²) in [5.41, 5.74) is 8.23. The molecule has 5 nitrogen and oxygen atoms in total. The first-order valence-electron chi connectivity index (χ1n) is 8.68. The van der Waals surface area contributed by atoms with Crippen LogP contribution in [0, 0.1) is 5.41 Å². The van der Waals surface area contributed by atoms with Gasteiger partial charge >= 0.3 is 0 Å². The molecule has 1 aromatic carbocycles. The number of hydrogen-bond donors (Lipinski definition) is 2. The van der Waals surface area contributed by atoms with E-state index in [0.29, 0.717) is 6.54 Å². The summed E-state index contributed by atoms with van der Waals surface area (Å²) in [5.74, 6) is 0.895. The normalized spacial score (nSPS) is 28.7. The summed E-state index contributed by atoms with van der Waals surface area (Å²) >= 11 is 0. The molecule has 0 radical (unpaired) electrons.